The molecule has 37 heavy (non-hydrogen) atoms. The van der Waals surface area contributed by atoms with Crippen LogP contribution in [0.25, 0.3) is 5.57 Å². The Hall–Kier alpha value is -2.14. The van der Waals surface area contributed by atoms with Gasteiger partial charge in [0, 0.05) is 18.4 Å². The van der Waals surface area contributed by atoms with Gasteiger partial charge in [0.05, 0.1) is 10.6 Å². The molecule has 2 fully saturated rings. The molecule has 0 radical (unpaired) electrons. The van der Waals surface area contributed by atoms with Crippen LogP contribution in [0.4, 0.5) is 5.13 Å². The van der Waals surface area contributed by atoms with Gasteiger partial charge in [-0.25, -0.2) is 4.98 Å². The summed E-state index contributed by atoms with van der Waals surface area (Å²) in [6.45, 7) is 7.94. The molecule has 1 heterocycles. The maximum Gasteiger partial charge on any atom is 0.306 e. The van der Waals surface area contributed by atoms with Gasteiger partial charge in [-0.05, 0) is 85.7 Å². The van der Waals surface area contributed by atoms with Crippen LogP contribution in [0.2, 0.25) is 0 Å². The second kappa shape index (κ2) is 9.87. The molecule has 4 aliphatic rings. The van der Waals surface area contributed by atoms with Crippen molar-refractivity contribution in [2.24, 2.45) is 28.6 Å². The van der Waals surface area contributed by atoms with E-state index in [0.29, 0.717) is 18.3 Å². The summed E-state index contributed by atoms with van der Waals surface area (Å²) < 4.78 is 6.13. The standard InChI is InChI=1S/C32H42N2O2S/c1-4-5-11-28(35)36-27-15-14-23-22-12-13-25-29-26(17-19-31(25,2)24(22)16-18-32(23,27)3)34-30(37-29)33-20-21-9-7-6-8-10-21/h6-10,13,22-24,27H,4-5,11-12,14-20H2,1-3H3,(H,33,34)/t22-,23-,24-,27-,31+,32-/m0/s1. The fourth-order valence-corrected chi connectivity index (χ4v) is 9.59. The van der Waals surface area contributed by atoms with Crippen LogP contribution in [-0.4, -0.2) is 17.1 Å². The van der Waals surface area contributed by atoms with Gasteiger partial charge in [-0.1, -0.05) is 74.9 Å². The number of allylic oxidation sites excluding steroid dienone is 2. The van der Waals surface area contributed by atoms with Crippen molar-refractivity contribution >= 4 is 28.0 Å². The summed E-state index contributed by atoms with van der Waals surface area (Å²) in [6, 6.07) is 10.6. The van der Waals surface area contributed by atoms with E-state index in [0.717, 1.165) is 49.7 Å². The van der Waals surface area contributed by atoms with E-state index in [9.17, 15) is 4.79 Å². The van der Waals surface area contributed by atoms with Gasteiger partial charge in [0.2, 0.25) is 0 Å². The number of carbonyl (C=O) groups excluding carboxylic acids is 1. The van der Waals surface area contributed by atoms with E-state index in [4.69, 9.17) is 9.72 Å². The molecule has 1 aromatic carbocycles. The van der Waals surface area contributed by atoms with Crippen LogP contribution >= 0.6 is 11.3 Å². The molecule has 2 aromatic rings. The maximum atomic E-state index is 12.5. The van der Waals surface area contributed by atoms with Crippen LogP contribution < -0.4 is 5.32 Å². The number of nitrogens with zero attached hydrogens (tertiary/aromatic N) is 1. The number of rotatable bonds is 7. The number of esters is 1. The smallest absolute Gasteiger partial charge is 0.306 e. The van der Waals surface area contributed by atoms with Gasteiger partial charge >= 0.3 is 5.97 Å². The number of benzene rings is 1. The number of fused-ring (bicyclic) bond motifs is 7. The Bertz CT molecular complexity index is 1170. The number of hydrogen-bond acceptors (Lipinski definition) is 5. The molecule has 1 N–H and O–H groups in total. The lowest BCUT2D eigenvalue weighted by atomic mass is 9.48. The highest BCUT2D eigenvalue weighted by atomic mass is 32.1. The quantitative estimate of drug-likeness (QED) is 0.377. The normalized spacial score (nSPS) is 34.0. The Morgan fingerprint density at radius 3 is 2.78 bits per heavy atom. The number of carbonyl (C=O) groups is 1. The Morgan fingerprint density at radius 1 is 1.14 bits per heavy atom. The Labute approximate surface area is 226 Å². The highest BCUT2D eigenvalue weighted by molar-refractivity contribution is 7.16. The maximum absolute atomic E-state index is 12.5. The molecule has 2 saturated carbocycles. The molecule has 0 saturated heterocycles. The number of aryl methyl sites for hydroxylation is 1. The number of unbranched alkanes of at least 4 members (excludes halogenated alkanes) is 1. The second-order valence-corrected chi connectivity index (χ2v) is 13.5. The first-order valence-electron chi connectivity index (χ1n) is 14.6. The summed E-state index contributed by atoms with van der Waals surface area (Å²) in [5.41, 5.74) is 4.53. The fraction of sp³-hybridized carbons (Fsp3) is 0.625. The van der Waals surface area contributed by atoms with E-state index in [1.165, 1.54) is 41.8 Å². The molecule has 0 spiro atoms. The zero-order chi connectivity index (χ0) is 25.6. The minimum Gasteiger partial charge on any atom is -0.462 e. The topological polar surface area (TPSA) is 51.2 Å². The molecule has 1 aromatic heterocycles. The molecular formula is C32H42N2O2S. The average Bonchev–Trinajstić information content (AvgIpc) is 3.47. The van der Waals surface area contributed by atoms with Crippen LogP contribution in [0.5, 0.6) is 0 Å². The molecular weight excluding hydrogens is 476 g/mol. The molecule has 5 heteroatoms. The van der Waals surface area contributed by atoms with Gasteiger partial charge in [0.25, 0.3) is 0 Å². The summed E-state index contributed by atoms with van der Waals surface area (Å²) in [5, 5.41) is 4.65. The van der Waals surface area contributed by atoms with E-state index in [2.05, 4.69) is 62.5 Å². The highest BCUT2D eigenvalue weighted by Crippen LogP contribution is 2.66. The monoisotopic (exact) mass is 518 g/mol. The summed E-state index contributed by atoms with van der Waals surface area (Å²) in [4.78, 5) is 19.0. The van der Waals surface area contributed by atoms with Crippen LogP contribution in [0.15, 0.2) is 36.4 Å². The number of aromatic nitrogens is 1. The minimum atomic E-state index is 0.0234. The van der Waals surface area contributed by atoms with Crippen molar-refractivity contribution in [2.45, 2.75) is 97.6 Å². The molecule has 6 atom stereocenters. The van der Waals surface area contributed by atoms with Gasteiger partial charge in [-0.15, -0.1) is 0 Å². The van der Waals surface area contributed by atoms with Crippen LogP contribution in [-0.2, 0) is 22.5 Å². The average molecular weight is 519 g/mol. The van der Waals surface area contributed by atoms with E-state index in [-0.39, 0.29) is 22.9 Å². The van der Waals surface area contributed by atoms with E-state index >= 15 is 0 Å². The van der Waals surface area contributed by atoms with Crippen LogP contribution in [0.3, 0.4) is 0 Å². The zero-order valence-corrected chi connectivity index (χ0v) is 23.5. The van der Waals surface area contributed by atoms with Gasteiger partial charge in [-0.3, -0.25) is 4.79 Å². The summed E-state index contributed by atoms with van der Waals surface area (Å²) in [6.07, 6.45) is 13.4. The van der Waals surface area contributed by atoms with Gasteiger partial charge < -0.3 is 10.1 Å². The van der Waals surface area contributed by atoms with E-state index in [1.54, 1.807) is 5.57 Å². The fourth-order valence-electron chi connectivity index (χ4n) is 8.41. The lowest BCUT2D eigenvalue weighted by molar-refractivity contribution is -0.159. The van der Waals surface area contributed by atoms with Crippen LogP contribution in [0.1, 0.15) is 94.7 Å². The van der Waals surface area contributed by atoms with Gasteiger partial charge in [-0.2, -0.15) is 0 Å². The lowest BCUT2D eigenvalue weighted by Crippen LogP contribution is -2.50. The predicted octanol–water partition coefficient (Wildman–Crippen LogP) is 8.04. The van der Waals surface area contributed by atoms with Crippen molar-refractivity contribution in [1.29, 1.82) is 0 Å². The molecule has 0 unspecified atom stereocenters. The van der Waals surface area contributed by atoms with Crippen molar-refractivity contribution < 1.29 is 9.53 Å². The Morgan fingerprint density at radius 2 is 1.97 bits per heavy atom. The third-order valence-corrected chi connectivity index (χ3v) is 11.6. The summed E-state index contributed by atoms with van der Waals surface area (Å²) >= 11 is 1.86. The number of anilines is 1. The highest BCUT2D eigenvalue weighted by Gasteiger charge is 2.60. The Balaban J connectivity index is 1.20. The number of ether oxygens (including phenoxy) is 1. The van der Waals surface area contributed by atoms with Crippen molar-refractivity contribution in [1.82, 2.24) is 4.98 Å². The molecule has 6 rings (SSSR count). The van der Waals surface area contributed by atoms with Gasteiger partial charge in [0.15, 0.2) is 5.13 Å². The molecule has 4 nitrogen and oxygen atoms in total. The first-order chi connectivity index (χ1) is 17.9. The van der Waals surface area contributed by atoms with Crippen molar-refractivity contribution in [3.05, 3.63) is 52.5 Å². The van der Waals surface area contributed by atoms with Crippen molar-refractivity contribution in [3.63, 3.8) is 0 Å². The lowest BCUT2D eigenvalue weighted by Gasteiger charge is -2.56. The molecule has 198 valence electrons. The number of hydrogen-bond donors (Lipinski definition) is 1. The largest absolute Gasteiger partial charge is 0.462 e. The molecule has 0 bridgehead atoms. The first kappa shape index (κ1) is 25.2. The zero-order valence-electron chi connectivity index (χ0n) is 22.7. The van der Waals surface area contributed by atoms with Crippen molar-refractivity contribution in [2.75, 3.05) is 5.32 Å². The van der Waals surface area contributed by atoms with Gasteiger partial charge in [0.1, 0.15) is 6.10 Å². The number of thiazole rings is 1. The number of nitrogens with one attached hydrogen (secondary N) is 1. The molecule has 4 aliphatic carbocycles. The first-order valence-corrected chi connectivity index (χ1v) is 15.4. The predicted molar refractivity (Wildman–Crippen MR) is 151 cm³/mol. The van der Waals surface area contributed by atoms with E-state index in [1.807, 2.05) is 11.3 Å². The van der Waals surface area contributed by atoms with Crippen molar-refractivity contribution in [3.8, 4) is 0 Å². The van der Waals surface area contributed by atoms with E-state index < -0.39 is 0 Å². The third-order valence-electron chi connectivity index (χ3n) is 10.5. The third kappa shape index (κ3) is 4.35. The minimum absolute atomic E-state index is 0.0234. The second-order valence-electron chi connectivity index (χ2n) is 12.5. The molecule has 0 aliphatic heterocycles. The summed E-state index contributed by atoms with van der Waals surface area (Å²) in [5.74, 6) is 2.11. The SMILES string of the molecule is CCCCC(=O)O[C@H]1CC[C@H]2[C@@H]3CC=C4c5sc(NCc6ccccc6)nc5CC[C@]4(C)[C@H]3CC[C@]12C. The molecule has 0 amide bonds. The van der Waals surface area contributed by atoms with Crippen LogP contribution in [0, 0.1) is 28.6 Å². The Kier molecular flexibility index (Phi) is 6.71. The summed E-state index contributed by atoms with van der Waals surface area (Å²) in [7, 11) is 0.